The number of carbonyl (C=O) groups is 2. The quantitative estimate of drug-likeness (QED) is 0.649. The van der Waals surface area contributed by atoms with Crippen LogP contribution < -0.4 is 11.0 Å². The van der Waals surface area contributed by atoms with E-state index in [2.05, 4.69) is 10.3 Å². The SMILES string of the molecule is Cc1c[nH]c(=O)n1-c1ccc(C(=O)OC(C)C(=O)Nc2ccccc2C#N)cc1. The molecule has 3 aromatic rings. The molecule has 0 radical (unpaired) electrons. The number of para-hydroxylation sites is 1. The second-order valence-electron chi connectivity index (χ2n) is 6.31. The Balaban J connectivity index is 1.67. The molecule has 1 unspecified atom stereocenters. The number of aryl methyl sites for hydroxylation is 1. The summed E-state index contributed by atoms with van der Waals surface area (Å²) in [5, 5.41) is 11.7. The highest BCUT2D eigenvalue weighted by Gasteiger charge is 2.20. The van der Waals surface area contributed by atoms with Crippen LogP contribution in [0.15, 0.2) is 59.5 Å². The van der Waals surface area contributed by atoms with Crippen LogP contribution in [0, 0.1) is 18.3 Å². The zero-order valence-electron chi connectivity index (χ0n) is 15.8. The van der Waals surface area contributed by atoms with E-state index in [4.69, 9.17) is 10.00 Å². The number of nitrogens with one attached hydrogen (secondary N) is 2. The Morgan fingerprint density at radius 1 is 1.17 bits per heavy atom. The van der Waals surface area contributed by atoms with Crippen LogP contribution in [0.3, 0.4) is 0 Å². The molecule has 8 nitrogen and oxygen atoms in total. The van der Waals surface area contributed by atoms with E-state index >= 15 is 0 Å². The van der Waals surface area contributed by atoms with Crippen molar-refractivity contribution in [3.8, 4) is 11.8 Å². The highest BCUT2D eigenvalue weighted by atomic mass is 16.5. The van der Waals surface area contributed by atoms with Gasteiger partial charge in [0.15, 0.2) is 6.10 Å². The van der Waals surface area contributed by atoms with Gasteiger partial charge < -0.3 is 15.0 Å². The number of aromatic nitrogens is 2. The van der Waals surface area contributed by atoms with Gasteiger partial charge in [-0.1, -0.05) is 12.1 Å². The Kier molecular flexibility index (Phi) is 5.60. The lowest BCUT2D eigenvalue weighted by molar-refractivity contribution is -0.123. The smallest absolute Gasteiger partial charge is 0.338 e. The average Bonchev–Trinajstić information content (AvgIpc) is 3.06. The summed E-state index contributed by atoms with van der Waals surface area (Å²) in [6, 6.07) is 14.8. The lowest BCUT2D eigenvalue weighted by atomic mass is 10.2. The Bertz CT molecular complexity index is 1150. The first-order valence-electron chi connectivity index (χ1n) is 8.79. The highest BCUT2D eigenvalue weighted by molar-refractivity contribution is 5.98. The zero-order chi connectivity index (χ0) is 21.0. The van der Waals surface area contributed by atoms with Crippen molar-refractivity contribution in [1.29, 1.82) is 5.26 Å². The maximum Gasteiger partial charge on any atom is 0.338 e. The molecule has 0 saturated carbocycles. The monoisotopic (exact) mass is 390 g/mol. The van der Waals surface area contributed by atoms with Gasteiger partial charge in [0.25, 0.3) is 5.91 Å². The summed E-state index contributed by atoms with van der Waals surface area (Å²) in [6.07, 6.45) is 0.526. The maximum absolute atomic E-state index is 12.3. The van der Waals surface area contributed by atoms with E-state index in [1.54, 1.807) is 49.5 Å². The summed E-state index contributed by atoms with van der Waals surface area (Å²) in [5.74, 6) is -1.22. The van der Waals surface area contributed by atoms with Crippen LogP contribution in [-0.2, 0) is 9.53 Å². The summed E-state index contributed by atoms with van der Waals surface area (Å²) < 4.78 is 6.68. The zero-order valence-corrected chi connectivity index (χ0v) is 15.8. The van der Waals surface area contributed by atoms with Crippen molar-refractivity contribution in [2.45, 2.75) is 20.0 Å². The van der Waals surface area contributed by atoms with E-state index in [0.29, 0.717) is 16.9 Å². The van der Waals surface area contributed by atoms with Crippen LogP contribution >= 0.6 is 0 Å². The fraction of sp³-hybridized carbons (Fsp3) is 0.143. The van der Waals surface area contributed by atoms with E-state index in [1.165, 1.54) is 23.6 Å². The van der Waals surface area contributed by atoms with Crippen LogP contribution in [-0.4, -0.2) is 27.5 Å². The molecular weight excluding hydrogens is 372 g/mol. The number of hydrogen-bond acceptors (Lipinski definition) is 5. The van der Waals surface area contributed by atoms with Crippen molar-refractivity contribution < 1.29 is 14.3 Å². The number of hydrogen-bond donors (Lipinski definition) is 2. The van der Waals surface area contributed by atoms with Crippen molar-refractivity contribution in [3.63, 3.8) is 0 Å². The van der Waals surface area contributed by atoms with Crippen molar-refractivity contribution >= 4 is 17.6 Å². The number of nitriles is 1. The number of imidazole rings is 1. The summed E-state index contributed by atoms with van der Waals surface area (Å²) in [4.78, 5) is 39.0. The standard InChI is InChI=1S/C21H18N4O4/c1-13-12-23-21(28)25(13)17-9-7-15(8-10-17)20(27)29-14(2)19(26)24-18-6-4-3-5-16(18)11-22/h3-10,12,14H,1-2H3,(H,23,28)(H,24,26). The Hall–Kier alpha value is -4.12. The minimum atomic E-state index is -1.07. The van der Waals surface area contributed by atoms with Crippen molar-refractivity contribution in [2.24, 2.45) is 0 Å². The van der Waals surface area contributed by atoms with E-state index < -0.39 is 18.0 Å². The lowest BCUT2D eigenvalue weighted by Crippen LogP contribution is -2.30. The van der Waals surface area contributed by atoms with Crippen molar-refractivity contribution in [2.75, 3.05) is 5.32 Å². The molecule has 1 amide bonds. The van der Waals surface area contributed by atoms with Crippen LogP contribution in [0.5, 0.6) is 0 Å². The second-order valence-corrected chi connectivity index (χ2v) is 6.31. The molecule has 2 N–H and O–H groups in total. The Morgan fingerprint density at radius 2 is 1.86 bits per heavy atom. The fourth-order valence-electron chi connectivity index (χ4n) is 2.73. The first-order valence-corrected chi connectivity index (χ1v) is 8.79. The number of anilines is 1. The molecule has 1 heterocycles. The number of aromatic amines is 1. The number of ether oxygens (including phenoxy) is 1. The Labute approximate surface area is 166 Å². The maximum atomic E-state index is 12.3. The predicted octanol–water partition coefficient (Wildman–Crippen LogP) is 2.53. The number of amides is 1. The molecule has 0 spiro atoms. The molecule has 0 aliphatic heterocycles. The number of rotatable bonds is 5. The minimum Gasteiger partial charge on any atom is -0.449 e. The van der Waals surface area contributed by atoms with Crippen LogP contribution in [0.25, 0.3) is 5.69 Å². The normalized spacial score (nSPS) is 11.3. The van der Waals surface area contributed by atoms with Gasteiger partial charge in [-0.25, -0.2) is 9.59 Å². The molecule has 146 valence electrons. The fourth-order valence-corrected chi connectivity index (χ4v) is 2.73. The third-order valence-electron chi connectivity index (χ3n) is 4.28. The first kappa shape index (κ1) is 19.6. The number of H-pyrrole nitrogens is 1. The van der Waals surface area contributed by atoms with E-state index in [-0.39, 0.29) is 11.3 Å². The number of benzene rings is 2. The lowest BCUT2D eigenvalue weighted by Gasteiger charge is -2.14. The molecule has 1 atom stereocenters. The largest absolute Gasteiger partial charge is 0.449 e. The van der Waals surface area contributed by atoms with E-state index in [0.717, 1.165) is 5.69 Å². The minimum absolute atomic E-state index is 0.243. The predicted molar refractivity (Wildman–Crippen MR) is 106 cm³/mol. The molecule has 29 heavy (non-hydrogen) atoms. The van der Waals surface area contributed by atoms with Gasteiger partial charge >= 0.3 is 11.7 Å². The molecule has 0 fully saturated rings. The third-order valence-corrected chi connectivity index (χ3v) is 4.28. The molecule has 1 aromatic heterocycles. The summed E-state index contributed by atoms with van der Waals surface area (Å²) in [6.45, 7) is 3.23. The van der Waals surface area contributed by atoms with Gasteiger partial charge in [0.05, 0.1) is 22.5 Å². The second kappa shape index (κ2) is 8.27. The van der Waals surface area contributed by atoms with Gasteiger partial charge in [-0.15, -0.1) is 0 Å². The third kappa shape index (κ3) is 4.25. The summed E-state index contributed by atoms with van der Waals surface area (Å²) >= 11 is 0. The topological polar surface area (TPSA) is 117 Å². The van der Waals surface area contributed by atoms with Gasteiger partial charge in [-0.2, -0.15) is 5.26 Å². The van der Waals surface area contributed by atoms with E-state index in [9.17, 15) is 14.4 Å². The molecular formula is C21H18N4O4. The van der Waals surface area contributed by atoms with Crippen LogP contribution in [0.4, 0.5) is 5.69 Å². The van der Waals surface area contributed by atoms with Gasteiger partial charge in [-0.3, -0.25) is 9.36 Å². The molecule has 3 rings (SSSR count). The van der Waals surface area contributed by atoms with Gasteiger partial charge in [-0.05, 0) is 50.2 Å². The van der Waals surface area contributed by atoms with E-state index in [1.807, 2.05) is 6.07 Å². The number of carbonyl (C=O) groups excluding carboxylic acids is 2. The summed E-state index contributed by atoms with van der Waals surface area (Å²) in [7, 11) is 0. The van der Waals surface area contributed by atoms with Crippen LogP contribution in [0.1, 0.15) is 28.5 Å². The van der Waals surface area contributed by atoms with Crippen molar-refractivity contribution in [1.82, 2.24) is 9.55 Å². The van der Waals surface area contributed by atoms with Gasteiger partial charge in [0, 0.05) is 11.9 Å². The molecule has 0 aliphatic carbocycles. The van der Waals surface area contributed by atoms with Crippen molar-refractivity contribution in [3.05, 3.63) is 82.0 Å². The molecule has 0 saturated heterocycles. The molecule has 0 aliphatic rings. The molecule has 8 heteroatoms. The highest BCUT2D eigenvalue weighted by Crippen LogP contribution is 2.15. The van der Waals surface area contributed by atoms with Gasteiger partial charge in [0.1, 0.15) is 6.07 Å². The Morgan fingerprint density at radius 3 is 2.48 bits per heavy atom. The molecule has 0 bridgehead atoms. The molecule has 2 aromatic carbocycles. The summed E-state index contributed by atoms with van der Waals surface area (Å²) in [5.41, 5.74) is 1.95. The average molecular weight is 390 g/mol. The number of nitrogens with zero attached hydrogens (tertiary/aromatic N) is 2. The number of esters is 1. The van der Waals surface area contributed by atoms with Crippen LogP contribution in [0.2, 0.25) is 0 Å². The first-order chi connectivity index (χ1) is 13.9. The van der Waals surface area contributed by atoms with Gasteiger partial charge in [0.2, 0.25) is 0 Å².